The van der Waals surface area contributed by atoms with Gasteiger partial charge in [-0.25, -0.2) is 4.98 Å². The summed E-state index contributed by atoms with van der Waals surface area (Å²) in [5.74, 6) is 1.17. The highest BCUT2D eigenvalue weighted by molar-refractivity contribution is 5.80. The standard InChI is InChI=1S/C19H30N6O2/c1-2-5-22-18(26)15-23-9-11-24(12-10-23)19(27)16-4-3-8-25(14-16)17-13-20-6-7-21-17/h6-7,13,16H,2-5,8-12,14-15H2,1H3,(H,22,26). The van der Waals surface area contributed by atoms with E-state index in [1.54, 1.807) is 18.6 Å². The molecule has 1 aromatic rings. The van der Waals surface area contributed by atoms with Crippen LogP contribution in [0.25, 0.3) is 0 Å². The number of carbonyl (C=O) groups excluding carboxylic acids is 2. The zero-order chi connectivity index (χ0) is 19.1. The number of carbonyl (C=O) groups is 2. The fraction of sp³-hybridized carbons (Fsp3) is 0.684. The minimum absolute atomic E-state index is 0.0140. The number of nitrogens with one attached hydrogen (secondary N) is 1. The SMILES string of the molecule is CCCNC(=O)CN1CCN(C(=O)C2CCCN(c3cnccn3)C2)CC1. The molecule has 2 fully saturated rings. The Morgan fingerprint density at radius 1 is 1.19 bits per heavy atom. The molecule has 0 aromatic carbocycles. The number of aromatic nitrogens is 2. The van der Waals surface area contributed by atoms with Gasteiger partial charge in [-0.2, -0.15) is 0 Å². The lowest BCUT2D eigenvalue weighted by Crippen LogP contribution is -2.54. The first-order valence-electron chi connectivity index (χ1n) is 9.96. The summed E-state index contributed by atoms with van der Waals surface area (Å²) in [5, 5.41) is 2.91. The lowest BCUT2D eigenvalue weighted by Gasteiger charge is -2.39. The summed E-state index contributed by atoms with van der Waals surface area (Å²) >= 11 is 0. The Morgan fingerprint density at radius 2 is 2.00 bits per heavy atom. The minimum Gasteiger partial charge on any atom is -0.355 e. The first-order valence-corrected chi connectivity index (χ1v) is 9.96. The zero-order valence-corrected chi connectivity index (χ0v) is 16.1. The van der Waals surface area contributed by atoms with Gasteiger partial charge in [-0.3, -0.25) is 19.5 Å². The lowest BCUT2D eigenvalue weighted by molar-refractivity contribution is -0.137. The number of nitrogens with zero attached hydrogens (tertiary/aromatic N) is 5. The molecule has 0 bridgehead atoms. The Labute approximate surface area is 160 Å². The Balaban J connectivity index is 1.47. The van der Waals surface area contributed by atoms with Crippen molar-refractivity contribution in [3.63, 3.8) is 0 Å². The third-order valence-corrected chi connectivity index (χ3v) is 5.27. The number of hydrogen-bond acceptors (Lipinski definition) is 6. The second-order valence-corrected chi connectivity index (χ2v) is 7.30. The number of piperazine rings is 1. The third kappa shape index (κ3) is 5.38. The highest BCUT2D eigenvalue weighted by atomic mass is 16.2. The van der Waals surface area contributed by atoms with Gasteiger partial charge in [-0.1, -0.05) is 6.92 Å². The second-order valence-electron chi connectivity index (χ2n) is 7.30. The number of hydrogen-bond donors (Lipinski definition) is 1. The van der Waals surface area contributed by atoms with E-state index in [9.17, 15) is 9.59 Å². The first-order chi connectivity index (χ1) is 13.2. The van der Waals surface area contributed by atoms with Crippen LogP contribution in [0.2, 0.25) is 0 Å². The van der Waals surface area contributed by atoms with E-state index in [4.69, 9.17) is 0 Å². The molecule has 1 unspecified atom stereocenters. The minimum atomic E-state index is 0.0140. The van der Waals surface area contributed by atoms with Crippen LogP contribution in [0.3, 0.4) is 0 Å². The van der Waals surface area contributed by atoms with Gasteiger partial charge in [0.15, 0.2) is 0 Å². The quantitative estimate of drug-likeness (QED) is 0.775. The van der Waals surface area contributed by atoms with Crippen molar-refractivity contribution in [2.45, 2.75) is 26.2 Å². The summed E-state index contributed by atoms with van der Waals surface area (Å²) < 4.78 is 0. The van der Waals surface area contributed by atoms with Crippen molar-refractivity contribution in [2.75, 3.05) is 57.3 Å². The predicted octanol–water partition coefficient (Wildman–Crippen LogP) is 0.363. The molecule has 2 saturated heterocycles. The summed E-state index contributed by atoms with van der Waals surface area (Å²) in [4.78, 5) is 39.6. The molecule has 1 atom stereocenters. The molecule has 1 N–H and O–H groups in total. The molecular formula is C19H30N6O2. The average molecular weight is 374 g/mol. The molecule has 0 spiro atoms. The van der Waals surface area contributed by atoms with Crippen LogP contribution in [-0.4, -0.2) is 83.9 Å². The van der Waals surface area contributed by atoms with Gasteiger partial charge in [0.1, 0.15) is 5.82 Å². The third-order valence-electron chi connectivity index (χ3n) is 5.27. The normalized spacial score (nSPS) is 21.1. The van der Waals surface area contributed by atoms with Crippen LogP contribution in [0.5, 0.6) is 0 Å². The van der Waals surface area contributed by atoms with Crippen molar-refractivity contribution in [3.8, 4) is 0 Å². The molecule has 0 aliphatic carbocycles. The van der Waals surface area contributed by atoms with Crippen LogP contribution >= 0.6 is 0 Å². The number of rotatable bonds is 6. The van der Waals surface area contributed by atoms with Gasteiger partial charge in [0.2, 0.25) is 11.8 Å². The molecule has 8 nitrogen and oxygen atoms in total. The maximum absolute atomic E-state index is 13.0. The summed E-state index contributed by atoms with van der Waals surface area (Å²) in [6.07, 6.45) is 7.98. The molecule has 2 amide bonds. The summed E-state index contributed by atoms with van der Waals surface area (Å²) in [5.41, 5.74) is 0. The molecule has 8 heteroatoms. The van der Waals surface area contributed by atoms with E-state index in [0.29, 0.717) is 26.2 Å². The summed E-state index contributed by atoms with van der Waals surface area (Å²) in [7, 11) is 0. The van der Waals surface area contributed by atoms with Crippen molar-refractivity contribution in [1.29, 1.82) is 0 Å². The van der Waals surface area contributed by atoms with E-state index in [2.05, 4.69) is 25.1 Å². The number of amides is 2. The molecule has 2 aliphatic rings. The number of piperidine rings is 1. The molecule has 27 heavy (non-hydrogen) atoms. The van der Waals surface area contributed by atoms with Gasteiger partial charge in [0.25, 0.3) is 0 Å². The van der Waals surface area contributed by atoms with Gasteiger partial charge in [0.05, 0.1) is 18.7 Å². The molecule has 0 radical (unpaired) electrons. The van der Waals surface area contributed by atoms with E-state index in [0.717, 1.165) is 51.3 Å². The van der Waals surface area contributed by atoms with Crippen LogP contribution < -0.4 is 10.2 Å². The highest BCUT2D eigenvalue weighted by Gasteiger charge is 2.31. The van der Waals surface area contributed by atoms with Crippen LogP contribution in [0.4, 0.5) is 5.82 Å². The molecule has 3 rings (SSSR count). The summed E-state index contributed by atoms with van der Waals surface area (Å²) in [6.45, 7) is 7.72. The van der Waals surface area contributed by atoms with E-state index >= 15 is 0 Å². The maximum Gasteiger partial charge on any atom is 0.234 e. The van der Waals surface area contributed by atoms with Gasteiger partial charge >= 0.3 is 0 Å². The molecular weight excluding hydrogens is 344 g/mol. The van der Waals surface area contributed by atoms with Crippen molar-refractivity contribution in [3.05, 3.63) is 18.6 Å². The largest absolute Gasteiger partial charge is 0.355 e. The van der Waals surface area contributed by atoms with E-state index < -0.39 is 0 Å². The van der Waals surface area contributed by atoms with Crippen LogP contribution in [0.1, 0.15) is 26.2 Å². The number of anilines is 1. The van der Waals surface area contributed by atoms with Gasteiger partial charge in [-0.05, 0) is 19.3 Å². The van der Waals surface area contributed by atoms with Crippen LogP contribution in [0, 0.1) is 5.92 Å². The maximum atomic E-state index is 13.0. The molecule has 2 aliphatic heterocycles. The van der Waals surface area contributed by atoms with Crippen molar-refractivity contribution in [1.82, 2.24) is 25.1 Å². The van der Waals surface area contributed by atoms with Gasteiger partial charge in [-0.15, -0.1) is 0 Å². The topological polar surface area (TPSA) is 81.7 Å². The smallest absolute Gasteiger partial charge is 0.234 e. The van der Waals surface area contributed by atoms with E-state index in [1.165, 1.54) is 0 Å². The monoisotopic (exact) mass is 374 g/mol. The fourth-order valence-electron chi connectivity index (χ4n) is 3.75. The lowest BCUT2D eigenvalue weighted by atomic mass is 9.96. The molecule has 148 valence electrons. The van der Waals surface area contributed by atoms with Crippen LogP contribution in [0.15, 0.2) is 18.6 Å². The second kappa shape index (κ2) is 9.64. The Bertz CT molecular complexity index is 618. The Morgan fingerprint density at radius 3 is 2.70 bits per heavy atom. The van der Waals surface area contributed by atoms with Crippen molar-refractivity contribution >= 4 is 17.6 Å². The van der Waals surface area contributed by atoms with E-state index in [1.807, 2.05) is 11.8 Å². The van der Waals surface area contributed by atoms with Gasteiger partial charge in [0, 0.05) is 58.2 Å². The fourth-order valence-corrected chi connectivity index (χ4v) is 3.75. The molecule has 3 heterocycles. The Kier molecular flexibility index (Phi) is 6.98. The van der Waals surface area contributed by atoms with E-state index in [-0.39, 0.29) is 17.7 Å². The Hall–Kier alpha value is -2.22. The zero-order valence-electron chi connectivity index (χ0n) is 16.1. The van der Waals surface area contributed by atoms with Gasteiger partial charge < -0.3 is 15.1 Å². The van der Waals surface area contributed by atoms with Crippen molar-refractivity contribution < 1.29 is 9.59 Å². The molecule has 1 aromatic heterocycles. The summed E-state index contributed by atoms with van der Waals surface area (Å²) in [6, 6.07) is 0. The first kappa shape index (κ1) is 19.5. The van der Waals surface area contributed by atoms with Crippen molar-refractivity contribution in [2.24, 2.45) is 5.92 Å². The average Bonchev–Trinajstić information content (AvgIpc) is 2.73. The molecule has 0 saturated carbocycles. The highest BCUT2D eigenvalue weighted by Crippen LogP contribution is 2.23. The predicted molar refractivity (Wildman–Crippen MR) is 103 cm³/mol. The van der Waals surface area contributed by atoms with Crippen LogP contribution in [-0.2, 0) is 9.59 Å².